The minimum atomic E-state index is 0.308. The summed E-state index contributed by atoms with van der Waals surface area (Å²) < 4.78 is 0. The number of fused-ring (bicyclic) bond motifs is 1. The van der Waals surface area contributed by atoms with Gasteiger partial charge in [-0.15, -0.1) is 0 Å². The molecule has 16 heavy (non-hydrogen) atoms. The van der Waals surface area contributed by atoms with Gasteiger partial charge in [0, 0.05) is 18.6 Å². The maximum absolute atomic E-state index is 12.1. The molecule has 2 fully saturated rings. The van der Waals surface area contributed by atoms with Crippen molar-refractivity contribution in [3.8, 4) is 0 Å². The SMILES string of the molecule is CC(C)NCC(=O)N1CCC2CCCCC21. The van der Waals surface area contributed by atoms with Crippen LogP contribution in [0.25, 0.3) is 0 Å². The van der Waals surface area contributed by atoms with Crippen LogP contribution < -0.4 is 5.32 Å². The van der Waals surface area contributed by atoms with Gasteiger partial charge in [-0.25, -0.2) is 0 Å². The summed E-state index contributed by atoms with van der Waals surface area (Å²) in [4.78, 5) is 14.2. The highest BCUT2D eigenvalue weighted by Gasteiger charge is 2.37. The summed E-state index contributed by atoms with van der Waals surface area (Å²) in [6.45, 7) is 5.68. The number of amides is 1. The van der Waals surface area contributed by atoms with E-state index < -0.39 is 0 Å². The summed E-state index contributed by atoms with van der Waals surface area (Å²) in [6.07, 6.45) is 6.48. The zero-order valence-electron chi connectivity index (χ0n) is 10.5. The van der Waals surface area contributed by atoms with E-state index in [9.17, 15) is 4.79 Å². The van der Waals surface area contributed by atoms with Gasteiger partial charge >= 0.3 is 0 Å². The van der Waals surface area contributed by atoms with Crippen molar-refractivity contribution in [2.24, 2.45) is 5.92 Å². The first-order chi connectivity index (χ1) is 7.68. The molecule has 3 nitrogen and oxygen atoms in total. The Morgan fingerprint density at radius 3 is 2.81 bits per heavy atom. The molecule has 1 heterocycles. The molecule has 1 aliphatic heterocycles. The van der Waals surface area contributed by atoms with Crippen LogP contribution >= 0.6 is 0 Å². The van der Waals surface area contributed by atoms with Gasteiger partial charge < -0.3 is 10.2 Å². The summed E-state index contributed by atoms with van der Waals surface area (Å²) in [5.74, 6) is 1.11. The Morgan fingerprint density at radius 1 is 1.31 bits per heavy atom. The second kappa shape index (κ2) is 5.17. The molecule has 2 rings (SSSR count). The van der Waals surface area contributed by atoms with Gasteiger partial charge in [0.25, 0.3) is 0 Å². The van der Waals surface area contributed by atoms with Crippen molar-refractivity contribution in [3.05, 3.63) is 0 Å². The number of nitrogens with zero attached hydrogens (tertiary/aromatic N) is 1. The number of rotatable bonds is 3. The molecule has 0 aromatic carbocycles. The smallest absolute Gasteiger partial charge is 0.236 e. The van der Waals surface area contributed by atoms with Crippen LogP contribution in [0.1, 0.15) is 46.0 Å². The van der Waals surface area contributed by atoms with Crippen molar-refractivity contribution < 1.29 is 4.79 Å². The molecule has 2 aliphatic rings. The number of nitrogens with one attached hydrogen (secondary N) is 1. The fourth-order valence-electron chi connectivity index (χ4n) is 3.11. The number of carbonyl (C=O) groups is 1. The first-order valence-corrected chi connectivity index (χ1v) is 6.71. The molecule has 1 aliphatic carbocycles. The summed E-state index contributed by atoms with van der Waals surface area (Å²) in [7, 11) is 0. The fourth-order valence-corrected chi connectivity index (χ4v) is 3.11. The summed E-state index contributed by atoms with van der Waals surface area (Å²) in [6, 6.07) is 0.962. The molecule has 0 aromatic rings. The van der Waals surface area contributed by atoms with Gasteiger partial charge in [0.05, 0.1) is 6.54 Å². The monoisotopic (exact) mass is 224 g/mol. The van der Waals surface area contributed by atoms with Gasteiger partial charge in [0.15, 0.2) is 0 Å². The molecule has 0 radical (unpaired) electrons. The molecule has 1 amide bonds. The van der Waals surface area contributed by atoms with Crippen LogP contribution in [0.5, 0.6) is 0 Å². The Labute approximate surface area is 98.6 Å². The summed E-state index contributed by atoms with van der Waals surface area (Å²) >= 11 is 0. The van der Waals surface area contributed by atoms with E-state index in [1.807, 2.05) is 0 Å². The summed E-state index contributed by atoms with van der Waals surface area (Å²) in [5.41, 5.74) is 0. The van der Waals surface area contributed by atoms with E-state index >= 15 is 0 Å². The second-order valence-electron chi connectivity index (χ2n) is 5.52. The largest absolute Gasteiger partial charge is 0.338 e. The Hall–Kier alpha value is -0.570. The first-order valence-electron chi connectivity index (χ1n) is 6.71. The van der Waals surface area contributed by atoms with Gasteiger partial charge in [0.1, 0.15) is 0 Å². The molecule has 2 atom stereocenters. The highest BCUT2D eigenvalue weighted by atomic mass is 16.2. The molecule has 2 unspecified atom stereocenters. The molecule has 0 bridgehead atoms. The third kappa shape index (κ3) is 2.57. The highest BCUT2D eigenvalue weighted by Crippen LogP contribution is 2.35. The molecule has 1 saturated heterocycles. The van der Waals surface area contributed by atoms with E-state index in [4.69, 9.17) is 0 Å². The lowest BCUT2D eigenvalue weighted by Gasteiger charge is -2.32. The van der Waals surface area contributed by atoms with E-state index in [-0.39, 0.29) is 0 Å². The van der Waals surface area contributed by atoms with Crippen LogP contribution in [-0.2, 0) is 4.79 Å². The number of hydrogen-bond donors (Lipinski definition) is 1. The Kier molecular flexibility index (Phi) is 3.85. The van der Waals surface area contributed by atoms with E-state index in [2.05, 4.69) is 24.1 Å². The number of carbonyl (C=O) groups excluding carboxylic acids is 1. The molecule has 3 heteroatoms. The predicted octanol–water partition coefficient (Wildman–Crippen LogP) is 1.78. The quantitative estimate of drug-likeness (QED) is 0.792. The van der Waals surface area contributed by atoms with Crippen molar-refractivity contribution >= 4 is 5.91 Å². The van der Waals surface area contributed by atoms with Gasteiger partial charge in [-0.05, 0) is 25.2 Å². The van der Waals surface area contributed by atoms with Gasteiger partial charge in [-0.3, -0.25) is 4.79 Å². The van der Waals surface area contributed by atoms with Crippen LogP contribution in [0.4, 0.5) is 0 Å². The van der Waals surface area contributed by atoms with Gasteiger partial charge in [0.2, 0.25) is 5.91 Å². The highest BCUT2D eigenvalue weighted by molar-refractivity contribution is 5.79. The van der Waals surface area contributed by atoms with Gasteiger partial charge in [-0.1, -0.05) is 26.7 Å². The minimum absolute atomic E-state index is 0.308. The minimum Gasteiger partial charge on any atom is -0.338 e. The average molecular weight is 224 g/mol. The standard InChI is InChI=1S/C13H24N2O/c1-10(2)14-9-13(16)15-8-7-11-5-3-4-6-12(11)15/h10-12,14H,3-9H2,1-2H3. The van der Waals surface area contributed by atoms with E-state index in [1.165, 1.54) is 32.1 Å². The third-order valence-electron chi connectivity index (χ3n) is 3.99. The molecule has 1 saturated carbocycles. The maximum Gasteiger partial charge on any atom is 0.236 e. The Balaban J connectivity index is 1.87. The van der Waals surface area contributed by atoms with Crippen molar-refractivity contribution in [2.45, 2.75) is 58.0 Å². The third-order valence-corrected chi connectivity index (χ3v) is 3.99. The van der Waals surface area contributed by atoms with E-state index in [0.29, 0.717) is 24.5 Å². The normalized spacial score (nSPS) is 29.6. The molecule has 1 N–H and O–H groups in total. The molecule has 0 spiro atoms. The topological polar surface area (TPSA) is 32.3 Å². The van der Waals surface area contributed by atoms with Crippen LogP contribution in [-0.4, -0.2) is 36.0 Å². The van der Waals surface area contributed by atoms with Crippen LogP contribution in [0.15, 0.2) is 0 Å². The van der Waals surface area contributed by atoms with Crippen LogP contribution in [0.3, 0.4) is 0 Å². The van der Waals surface area contributed by atoms with E-state index in [1.54, 1.807) is 0 Å². The summed E-state index contributed by atoms with van der Waals surface area (Å²) in [5, 5.41) is 3.23. The fraction of sp³-hybridized carbons (Fsp3) is 0.923. The van der Waals surface area contributed by atoms with Crippen molar-refractivity contribution in [1.82, 2.24) is 10.2 Å². The predicted molar refractivity (Wildman–Crippen MR) is 65.2 cm³/mol. The van der Waals surface area contributed by atoms with Crippen LogP contribution in [0.2, 0.25) is 0 Å². The molecular formula is C13H24N2O. The lowest BCUT2D eigenvalue weighted by Crippen LogP contribution is -2.44. The van der Waals surface area contributed by atoms with Crippen molar-refractivity contribution in [1.29, 1.82) is 0 Å². The Bertz CT molecular complexity index is 252. The second-order valence-corrected chi connectivity index (χ2v) is 5.52. The van der Waals surface area contributed by atoms with Crippen molar-refractivity contribution in [2.75, 3.05) is 13.1 Å². The first kappa shape index (κ1) is 11.9. The number of likely N-dealkylation sites (tertiary alicyclic amines) is 1. The van der Waals surface area contributed by atoms with Crippen molar-refractivity contribution in [3.63, 3.8) is 0 Å². The van der Waals surface area contributed by atoms with E-state index in [0.717, 1.165) is 12.5 Å². The molecule has 92 valence electrons. The number of hydrogen-bond acceptors (Lipinski definition) is 2. The Morgan fingerprint density at radius 2 is 2.06 bits per heavy atom. The lowest BCUT2D eigenvalue weighted by molar-refractivity contribution is -0.131. The zero-order valence-corrected chi connectivity index (χ0v) is 10.5. The van der Waals surface area contributed by atoms with Gasteiger partial charge in [-0.2, -0.15) is 0 Å². The average Bonchev–Trinajstić information content (AvgIpc) is 2.69. The molecule has 0 aromatic heterocycles. The molecular weight excluding hydrogens is 200 g/mol. The lowest BCUT2D eigenvalue weighted by atomic mass is 9.85. The van der Waals surface area contributed by atoms with Crippen LogP contribution in [0, 0.1) is 5.92 Å². The maximum atomic E-state index is 12.1. The zero-order chi connectivity index (χ0) is 11.5.